The van der Waals surface area contributed by atoms with Crippen LogP contribution in [0.4, 0.5) is 5.69 Å². The first-order valence-electron chi connectivity index (χ1n) is 5.23. The minimum absolute atomic E-state index is 0.460. The van der Waals surface area contributed by atoms with Crippen LogP contribution in [0.3, 0.4) is 0 Å². The van der Waals surface area contributed by atoms with Crippen molar-refractivity contribution in [1.29, 1.82) is 0 Å². The van der Waals surface area contributed by atoms with Crippen LogP contribution < -0.4 is 5.73 Å². The number of hydrogen-bond acceptors (Lipinski definition) is 4. The molecule has 0 bridgehead atoms. The number of aromatic nitrogens is 3. The predicted molar refractivity (Wildman–Crippen MR) is 66.8 cm³/mol. The summed E-state index contributed by atoms with van der Waals surface area (Å²) in [6.07, 6.45) is 5.84. The molecule has 90 valence electrons. The van der Waals surface area contributed by atoms with Gasteiger partial charge in [0.25, 0.3) is 0 Å². The smallest absolute Gasteiger partial charge is 0.150 e. The first-order chi connectivity index (χ1) is 8.18. The van der Waals surface area contributed by atoms with Crippen molar-refractivity contribution in [3.8, 4) is 0 Å². The molecule has 0 spiro atoms. The van der Waals surface area contributed by atoms with E-state index in [2.05, 4.69) is 9.97 Å². The summed E-state index contributed by atoms with van der Waals surface area (Å²) in [6, 6.07) is 3.44. The number of anilines is 1. The van der Waals surface area contributed by atoms with E-state index in [-0.39, 0.29) is 0 Å². The van der Waals surface area contributed by atoms with Gasteiger partial charge in [-0.2, -0.15) is 0 Å². The van der Waals surface area contributed by atoms with E-state index in [0.717, 1.165) is 5.82 Å². The molecule has 1 atom stereocenters. The monoisotopic (exact) mass is 250 g/mol. The average molecular weight is 250 g/mol. The predicted octanol–water partition coefficient (Wildman–Crippen LogP) is 0.748. The second kappa shape index (κ2) is 5.09. The summed E-state index contributed by atoms with van der Waals surface area (Å²) in [5, 5.41) is 0.460. The molecule has 17 heavy (non-hydrogen) atoms. The van der Waals surface area contributed by atoms with Gasteiger partial charge in [0.05, 0.1) is 16.5 Å². The molecule has 2 aromatic heterocycles. The van der Waals surface area contributed by atoms with Gasteiger partial charge in [-0.25, -0.2) is 9.97 Å². The van der Waals surface area contributed by atoms with Gasteiger partial charge in [-0.1, -0.05) is 0 Å². The number of nitrogen functional groups attached to an aromatic ring is 1. The molecule has 2 N–H and O–H groups in total. The summed E-state index contributed by atoms with van der Waals surface area (Å²) in [4.78, 5) is 8.23. The molecule has 0 aliphatic rings. The van der Waals surface area contributed by atoms with E-state index in [1.54, 1.807) is 24.5 Å². The molecule has 0 radical (unpaired) electrons. The van der Waals surface area contributed by atoms with Crippen LogP contribution in [-0.4, -0.2) is 24.5 Å². The molecule has 0 aliphatic carbocycles. The largest absolute Gasteiger partial charge is 0.396 e. The minimum atomic E-state index is -1.18. The van der Waals surface area contributed by atoms with E-state index in [1.807, 2.05) is 17.8 Å². The highest BCUT2D eigenvalue weighted by Crippen LogP contribution is 2.13. The summed E-state index contributed by atoms with van der Waals surface area (Å²) in [5.41, 5.74) is 6.20. The van der Waals surface area contributed by atoms with Crippen molar-refractivity contribution < 1.29 is 4.21 Å². The second-order valence-corrected chi connectivity index (χ2v) is 5.14. The minimum Gasteiger partial charge on any atom is -0.396 e. The van der Waals surface area contributed by atoms with Gasteiger partial charge in [0.1, 0.15) is 10.9 Å². The fourth-order valence-electron chi connectivity index (χ4n) is 1.51. The molecule has 2 aromatic rings. The highest BCUT2D eigenvalue weighted by molar-refractivity contribution is 7.85. The molecule has 2 heterocycles. The standard InChI is InChI=1S/C11H14N4OS/c1-15-7-6-13-10(15)4-8-17(16)11-9(12)3-2-5-14-11/h2-3,5-7H,4,8,12H2,1H3. The molecule has 0 fully saturated rings. The number of rotatable bonds is 4. The third-order valence-corrected chi connectivity index (χ3v) is 3.80. The van der Waals surface area contributed by atoms with Crippen LogP contribution in [0.5, 0.6) is 0 Å². The lowest BCUT2D eigenvalue weighted by Gasteiger charge is -2.04. The number of pyridine rings is 1. The molecule has 0 aliphatic heterocycles. The van der Waals surface area contributed by atoms with E-state index in [1.165, 1.54) is 0 Å². The summed E-state index contributed by atoms with van der Waals surface area (Å²) in [7, 11) is 0.740. The van der Waals surface area contributed by atoms with Crippen molar-refractivity contribution in [3.63, 3.8) is 0 Å². The molecular formula is C11H14N4OS. The Labute approximate surface area is 102 Å². The maximum Gasteiger partial charge on any atom is 0.150 e. The molecule has 2 rings (SSSR count). The highest BCUT2D eigenvalue weighted by Gasteiger charge is 2.10. The lowest BCUT2D eigenvalue weighted by Crippen LogP contribution is -2.09. The van der Waals surface area contributed by atoms with Gasteiger partial charge in [-0.15, -0.1) is 0 Å². The van der Waals surface area contributed by atoms with Gasteiger partial charge in [0.15, 0.2) is 0 Å². The Bertz CT molecular complexity index is 538. The van der Waals surface area contributed by atoms with Gasteiger partial charge in [-0.05, 0) is 12.1 Å². The molecule has 1 unspecified atom stereocenters. The molecular weight excluding hydrogens is 236 g/mol. The van der Waals surface area contributed by atoms with Crippen LogP contribution in [0.15, 0.2) is 35.7 Å². The number of nitrogens with zero attached hydrogens (tertiary/aromatic N) is 3. The lowest BCUT2D eigenvalue weighted by molar-refractivity contribution is 0.678. The van der Waals surface area contributed by atoms with Crippen molar-refractivity contribution in [2.24, 2.45) is 7.05 Å². The van der Waals surface area contributed by atoms with Crippen molar-refractivity contribution >= 4 is 16.5 Å². The van der Waals surface area contributed by atoms with Gasteiger partial charge in [0, 0.05) is 37.8 Å². The fraction of sp³-hybridized carbons (Fsp3) is 0.273. The molecule has 0 saturated heterocycles. The van der Waals surface area contributed by atoms with Crippen molar-refractivity contribution in [2.75, 3.05) is 11.5 Å². The highest BCUT2D eigenvalue weighted by atomic mass is 32.2. The van der Waals surface area contributed by atoms with Crippen molar-refractivity contribution in [3.05, 3.63) is 36.5 Å². The van der Waals surface area contributed by atoms with Crippen LogP contribution in [0.1, 0.15) is 5.82 Å². The zero-order valence-electron chi connectivity index (χ0n) is 9.54. The van der Waals surface area contributed by atoms with Crippen LogP contribution in [0.2, 0.25) is 0 Å². The topological polar surface area (TPSA) is 73.8 Å². The number of nitrogens with two attached hydrogens (primary N) is 1. The number of hydrogen-bond donors (Lipinski definition) is 1. The average Bonchev–Trinajstić information content (AvgIpc) is 2.72. The normalized spacial score (nSPS) is 12.5. The summed E-state index contributed by atoms with van der Waals surface area (Å²) in [6.45, 7) is 0. The molecule has 6 heteroatoms. The van der Waals surface area contributed by atoms with E-state index in [4.69, 9.17) is 5.73 Å². The number of aryl methyl sites for hydroxylation is 2. The summed E-state index contributed by atoms with van der Waals surface area (Å²) < 4.78 is 13.9. The van der Waals surface area contributed by atoms with Crippen molar-refractivity contribution in [2.45, 2.75) is 11.4 Å². The Balaban J connectivity index is 2.04. The zero-order chi connectivity index (χ0) is 12.3. The SMILES string of the molecule is Cn1ccnc1CCS(=O)c1ncccc1N. The third-order valence-electron chi connectivity index (χ3n) is 2.45. The van der Waals surface area contributed by atoms with Crippen LogP contribution in [0.25, 0.3) is 0 Å². The van der Waals surface area contributed by atoms with Gasteiger partial charge >= 0.3 is 0 Å². The molecule has 0 aromatic carbocycles. The zero-order valence-corrected chi connectivity index (χ0v) is 10.4. The molecule has 5 nitrogen and oxygen atoms in total. The summed E-state index contributed by atoms with van der Waals surface area (Å²) >= 11 is 0. The Hall–Kier alpha value is -1.69. The molecule has 0 saturated carbocycles. The second-order valence-electron chi connectivity index (χ2n) is 3.65. The van der Waals surface area contributed by atoms with Gasteiger partial charge in [-0.3, -0.25) is 4.21 Å². The van der Waals surface area contributed by atoms with Crippen LogP contribution in [0, 0.1) is 0 Å². The first-order valence-corrected chi connectivity index (χ1v) is 6.55. The Morgan fingerprint density at radius 1 is 1.41 bits per heavy atom. The Morgan fingerprint density at radius 3 is 2.88 bits per heavy atom. The third kappa shape index (κ3) is 2.71. The fourth-order valence-corrected chi connectivity index (χ4v) is 2.58. The first kappa shape index (κ1) is 11.8. The van der Waals surface area contributed by atoms with E-state index in [9.17, 15) is 4.21 Å². The van der Waals surface area contributed by atoms with E-state index >= 15 is 0 Å². The lowest BCUT2D eigenvalue weighted by atomic mass is 10.4. The maximum atomic E-state index is 12.0. The van der Waals surface area contributed by atoms with Crippen LogP contribution in [-0.2, 0) is 24.3 Å². The van der Waals surface area contributed by atoms with Gasteiger partial charge < -0.3 is 10.3 Å². The number of imidazole rings is 1. The van der Waals surface area contributed by atoms with Crippen LogP contribution >= 0.6 is 0 Å². The van der Waals surface area contributed by atoms with E-state index in [0.29, 0.717) is 22.9 Å². The van der Waals surface area contributed by atoms with E-state index < -0.39 is 10.8 Å². The van der Waals surface area contributed by atoms with Gasteiger partial charge in [0.2, 0.25) is 0 Å². The molecule has 0 amide bonds. The summed E-state index contributed by atoms with van der Waals surface area (Å²) in [5.74, 6) is 1.39. The maximum absolute atomic E-state index is 12.0. The quantitative estimate of drug-likeness (QED) is 0.869. The Kier molecular flexibility index (Phi) is 3.53. The Morgan fingerprint density at radius 2 is 2.24 bits per heavy atom. The van der Waals surface area contributed by atoms with Crippen molar-refractivity contribution in [1.82, 2.24) is 14.5 Å².